The number of halogens is 2. The van der Waals surface area contributed by atoms with Crippen LogP contribution in [0.2, 0.25) is 0 Å². The third-order valence-corrected chi connectivity index (χ3v) is 3.62. The lowest BCUT2D eigenvalue weighted by Gasteiger charge is -2.06. The molecule has 0 heterocycles. The summed E-state index contributed by atoms with van der Waals surface area (Å²) in [5, 5.41) is 0. The van der Waals surface area contributed by atoms with Gasteiger partial charge in [0.1, 0.15) is 5.75 Å². The number of rotatable bonds is 3. The van der Waals surface area contributed by atoms with Crippen molar-refractivity contribution in [3.05, 3.63) is 53.0 Å². The van der Waals surface area contributed by atoms with Crippen molar-refractivity contribution in [2.24, 2.45) is 0 Å². The largest absolute Gasteiger partial charge is 0.427 e. The summed E-state index contributed by atoms with van der Waals surface area (Å²) in [5.41, 5.74) is 1.93. The molecule has 2 aromatic rings. The summed E-state index contributed by atoms with van der Waals surface area (Å²) in [6.45, 7) is 0. The molecule has 1 amide bonds. The normalized spacial score (nSPS) is 11.0. The van der Waals surface area contributed by atoms with E-state index in [0.717, 1.165) is 15.6 Å². The fourth-order valence-electron chi connectivity index (χ4n) is 1.59. The SMILES string of the molecule is O=C(NS(=O)(=O)Cl)Oc1ccc(-c2ccc(Br)cc2)cc1. The van der Waals surface area contributed by atoms with E-state index < -0.39 is 15.3 Å². The molecule has 0 aliphatic carbocycles. The highest BCUT2D eigenvalue weighted by atomic mass is 79.9. The summed E-state index contributed by atoms with van der Waals surface area (Å²) >= 11 is 3.36. The Morgan fingerprint density at radius 2 is 1.48 bits per heavy atom. The Labute approximate surface area is 134 Å². The van der Waals surface area contributed by atoms with Gasteiger partial charge in [0, 0.05) is 15.2 Å². The topological polar surface area (TPSA) is 72.5 Å². The fourth-order valence-corrected chi connectivity index (χ4v) is 2.28. The van der Waals surface area contributed by atoms with Crippen LogP contribution in [0, 0.1) is 0 Å². The summed E-state index contributed by atoms with van der Waals surface area (Å²) in [6, 6.07) is 14.3. The smallest absolute Gasteiger partial charge is 0.410 e. The highest BCUT2D eigenvalue weighted by Crippen LogP contribution is 2.24. The van der Waals surface area contributed by atoms with Crippen molar-refractivity contribution in [3.8, 4) is 16.9 Å². The van der Waals surface area contributed by atoms with Crippen molar-refractivity contribution in [2.45, 2.75) is 0 Å². The molecule has 0 radical (unpaired) electrons. The number of carbonyl (C=O) groups is 1. The van der Waals surface area contributed by atoms with Gasteiger partial charge in [-0.15, -0.1) is 0 Å². The monoisotopic (exact) mass is 389 g/mol. The molecule has 0 saturated carbocycles. The first-order chi connectivity index (χ1) is 9.83. The minimum Gasteiger partial charge on any atom is -0.410 e. The van der Waals surface area contributed by atoms with Gasteiger partial charge < -0.3 is 4.74 Å². The highest BCUT2D eigenvalue weighted by Gasteiger charge is 2.12. The van der Waals surface area contributed by atoms with Crippen molar-refractivity contribution >= 4 is 41.9 Å². The van der Waals surface area contributed by atoms with Crippen LogP contribution >= 0.6 is 26.6 Å². The van der Waals surface area contributed by atoms with Gasteiger partial charge >= 0.3 is 15.3 Å². The summed E-state index contributed by atoms with van der Waals surface area (Å²) in [5.74, 6) is 0.202. The van der Waals surface area contributed by atoms with E-state index in [2.05, 4.69) is 15.9 Å². The molecule has 0 bridgehead atoms. The van der Waals surface area contributed by atoms with E-state index in [0.29, 0.717) is 0 Å². The van der Waals surface area contributed by atoms with E-state index in [1.807, 2.05) is 24.3 Å². The number of nitrogens with one attached hydrogen (secondary N) is 1. The summed E-state index contributed by atoms with van der Waals surface area (Å²) in [7, 11) is 0.713. The van der Waals surface area contributed by atoms with Gasteiger partial charge in [-0.3, -0.25) is 0 Å². The first kappa shape index (κ1) is 15.8. The number of hydrogen-bond donors (Lipinski definition) is 1. The molecule has 0 unspecified atom stereocenters. The molecule has 1 N–H and O–H groups in total. The van der Waals surface area contributed by atoms with Gasteiger partial charge in [-0.05, 0) is 35.4 Å². The standard InChI is InChI=1S/C13H9BrClNO4S/c14-11-5-1-9(2-6-11)10-3-7-12(8-4-10)20-13(17)16-21(15,18)19/h1-8H,(H,16,17). The quantitative estimate of drug-likeness (QED) is 0.811. The van der Waals surface area contributed by atoms with Crippen molar-refractivity contribution in [3.63, 3.8) is 0 Å². The fraction of sp³-hybridized carbons (Fsp3) is 0. The van der Waals surface area contributed by atoms with E-state index in [9.17, 15) is 13.2 Å². The predicted octanol–water partition coefficient (Wildman–Crippen LogP) is 3.69. The van der Waals surface area contributed by atoms with Crippen molar-refractivity contribution in [1.29, 1.82) is 0 Å². The van der Waals surface area contributed by atoms with E-state index in [1.54, 1.807) is 24.3 Å². The number of ether oxygens (including phenoxy) is 1. The molecule has 110 valence electrons. The number of amides is 1. The minimum atomic E-state index is -4.16. The third-order valence-electron chi connectivity index (χ3n) is 2.45. The molecule has 2 rings (SSSR count). The second kappa shape index (κ2) is 6.46. The maximum Gasteiger partial charge on any atom is 0.427 e. The number of hydrogen-bond acceptors (Lipinski definition) is 4. The van der Waals surface area contributed by atoms with Gasteiger partial charge in [0.05, 0.1) is 0 Å². The highest BCUT2D eigenvalue weighted by molar-refractivity contribution is 9.10. The predicted molar refractivity (Wildman–Crippen MR) is 83.5 cm³/mol. The second-order valence-corrected chi connectivity index (χ2v) is 7.18. The molecule has 0 saturated heterocycles. The first-order valence-electron chi connectivity index (χ1n) is 5.64. The van der Waals surface area contributed by atoms with Gasteiger partial charge in [-0.25, -0.2) is 9.52 Å². The maximum absolute atomic E-state index is 11.2. The lowest BCUT2D eigenvalue weighted by molar-refractivity contribution is 0.207. The molecule has 0 aliphatic rings. The summed E-state index contributed by atoms with van der Waals surface area (Å²) in [4.78, 5) is 11.2. The van der Waals surface area contributed by atoms with Crippen molar-refractivity contribution in [2.75, 3.05) is 0 Å². The average molecular weight is 391 g/mol. The van der Waals surface area contributed by atoms with Crippen LogP contribution in [0.25, 0.3) is 11.1 Å². The maximum atomic E-state index is 11.2. The number of benzene rings is 2. The zero-order valence-corrected chi connectivity index (χ0v) is 13.6. The Morgan fingerprint density at radius 3 is 1.95 bits per heavy atom. The molecule has 0 atom stereocenters. The molecule has 0 aromatic heterocycles. The molecular formula is C13H9BrClNO4S. The third kappa shape index (κ3) is 5.04. The Kier molecular flexibility index (Phi) is 4.87. The van der Waals surface area contributed by atoms with Crippen LogP contribution in [0.5, 0.6) is 5.75 Å². The van der Waals surface area contributed by atoms with Crippen LogP contribution < -0.4 is 9.46 Å². The molecule has 8 heteroatoms. The summed E-state index contributed by atoms with van der Waals surface area (Å²) in [6.07, 6.45) is -1.17. The summed E-state index contributed by atoms with van der Waals surface area (Å²) < 4.78 is 28.5. The Hall–Kier alpha value is -1.57. The molecule has 5 nitrogen and oxygen atoms in total. The number of carbonyl (C=O) groups excluding carboxylic acids is 1. The van der Waals surface area contributed by atoms with E-state index >= 15 is 0 Å². The Bertz CT molecular complexity index is 745. The molecule has 2 aromatic carbocycles. The molecule has 0 aliphatic heterocycles. The average Bonchev–Trinajstić information content (AvgIpc) is 2.38. The van der Waals surface area contributed by atoms with E-state index in [1.165, 1.54) is 4.72 Å². The second-order valence-electron chi connectivity index (χ2n) is 3.96. The molecule has 0 spiro atoms. The lowest BCUT2D eigenvalue weighted by Crippen LogP contribution is -2.29. The van der Waals surface area contributed by atoms with Crippen LogP contribution in [0.3, 0.4) is 0 Å². The van der Waals surface area contributed by atoms with Gasteiger partial charge in [-0.2, -0.15) is 8.42 Å². The Balaban J connectivity index is 2.09. The Morgan fingerprint density at radius 1 is 1.00 bits per heavy atom. The van der Waals surface area contributed by atoms with Crippen LogP contribution in [0.1, 0.15) is 0 Å². The zero-order valence-electron chi connectivity index (χ0n) is 10.4. The van der Waals surface area contributed by atoms with Gasteiger partial charge in [0.15, 0.2) is 0 Å². The zero-order chi connectivity index (χ0) is 15.5. The molecule has 21 heavy (non-hydrogen) atoms. The molecule has 0 fully saturated rings. The minimum absolute atomic E-state index is 0.202. The lowest BCUT2D eigenvalue weighted by atomic mass is 10.1. The molecular weight excluding hydrogens is 382 g/mol. The van der Waals surface area contributed by atoms with Crippen molar-refractivity contribution in [1.82, 2.24) is 4.72 Å². The van der Waals surface area contributed by atoms with Gasteiger partial charge in [0.25, 0.3) is 0 Å². The van der Waals surface area contributed by atoms with E-state index in [4.69, 9.17) is 15.4 Å². The van der Waals surface area contributed by atoms with Gasteiger partial charge in [0.2, 0.25) is 0 Å². The van der Waals surface area contributed by atoms with Gasteiger partial charge in [-0.1, -0.05) is 40.2 Å². The van der Waals surface area contributed by atoms with Crippen LogP contribution in [0.15, 0.2) is 53.0 Å². The first-order valence-corrected chi connectivity index (χ1v) is 8.74. The van der Waals surface area contributed by atoms with E-state index in [-0.39, 0.29) is 5.75 Å². The van der Waals surface area contributed by atoms with Crippen LogP contribution in [0.4, 0.5) is 4.79 Å². The van der Waals surface area contributed by atoms with Crippen LogP contribution in [-0.4, -0.2) is 14.5 Å². The van der Waals surface area contributed by atoms with Crippen molar-refractivity contribution < 1.29 is 17.9 Å². The van der Waals surface area contributed by atoms with Crippen LogP contribution in [-0.2, 0) is 9.24 Å².